The van der Waals surface area contributed by atoms with Crippen LogP contribution in [0, 0.1) is 27.6 Å². The molecule has 3 unspecified atom stereocenters. The van der Waals surface area contributed by atoms with E-state index in [4.69, 9.17) is 9.47 Å². The zero-order chi connectivity index (χ0) is 70.9. The average Bonchev–Trinajstić information content (AvgIpc) is 1.22. The van der Waals surface area contributed by atoms with Gasteiger partial charge in [-0.2, -0.15) is 70.2 Å². The Morgan fingerprint density at radius 1 is 0.444 bits per heavy atom. The summed E-state index contributed by atoms with van der Waals surface area (Å²) in [5.41, 5.74) is -4.61. The summed E-state index contributed by atoms with van der Waals surface area (Å²) >= 11 is 0. The molecule has 90 heavy (non-hydrogen) atoms. The number of benzene rings is 1. The monoisotopic (exact) mass is 1340 g/mol. The van der Waals surface area contributed by atoms with E-state index in [2.05, 4.69) is 28.4 Å². The minimum Gasteiger partial charge on any atom is -0.461 e. The third-order valence-electron chi connectivity index (χ3n) is 14.0. The second-order valence-electron chi connectivity index (χ2n) is 23.0. The fourth-order valence-corrected chi connectivity index (χ4v) is 6.37. The Bertz CT molecular complexity index is 2430. The van der Waals surface area contributed by atoms with Crippen molar-refractivity contribution in [2.45, 2.75) is 229 Å². The smallest absolute Gasteiger partial charge is 0.425 e. The van der Waals surface area contributed by atoms with Crippen LogP contribution in [0.2, 0.25) is 0 Å². The lowest BCUT2D eigenvalue weighted by Gasteiger charge is -2.31. The van der Waals surface area contributed by atoms with Gasteiger partial charge in [0.2, 0.25) is 0 Å². The van der Waals surface area contributed by atoms with Crippen molar-refractivity contribution in [2.75, 3.05) is 26.4 Å². The predicted octanol–water partition coefficient (Wildman–Crippen LogP) is 15.0. The van der Waals surface area contributed by atoms with E-state index >= 15 is 0 Å². The first-order valence-electron chi connectivity index (χ1n) is 28.3. The van der Waals surface area contributed by atoms with Crippen LogP contribution in [0.1, 0.15) is 180 Å². The Kier molecular flexibility index (Phi) is 34.6. The van der Waals surface area contributed by atoms with Crippen molar-refractivity contribution in [2.24, 2.45) is 27.6 Å². The molecular formula is C58H82F16O16. The van der Waals surface area contributed by atoms with E-state index in [1.807, 2.05) is 0 Å². The molecule has 16 nitrogen and oxygen atoms in total. The molecule has 0 heterocycles. The van der Waals surface area contributed by atoms with Crippen molar-refractivity contribution in [1.29, 1.82) is 0 Å². The average molecular weight is 1340 g/mol. The summed E-state index contributed by atoms with van der Waals surface area (Å²) in [6.45, 7) is 17.4. The minimum atomic E-state index is -4.63. The third-order valence-corrected chi connectivity index (χ3v) is 14.0. The summed E-state index contributed by atoms with van der Waals surface area (Å²) in [7, 11) is 0. The molecule has 2 rings (SSSR count). The molecule has 0 radical (unpaired) electrons. The van der Waals surface area contributed by atoms with Crippen LogP contribution in [0.15, 0.2) is 24.3 Å². The summed E-state index contributed by atoms with van der Waals surface area (Å²) in [5.74, 6) is -19.2. The lowest BCUT2D eigenvalue weighted by molar-refractivity contribution is -0.238. The maximum atomic E-state index is 14.4. The molecule has 1 aliphatic carbocycles. The van der Waals surface area contributed by atoms with Crippen molar-refractivity contribution in [3.05, 3.63) is 29.8 Å². The molecule has 0 aliphatic heterocycles. The molecule has 0 bridgehead atoms. The van der Waals surface area contributed by atoms with Crippen molar-refractivity contribution in [1.82, 2.24) is 0 Å². The molecular weight excluding hydrogens is 1260 g/mol. The molecule has 1 saturated carbocycles. The number of halogens is 16. The van der Waals surface area contributed by atoms with Crippen molar-refractivity contribution in [3.63, 3.8) is 0 Å². The number of alkyl halides is 16. The van der Waals surface area contributed by atoms with Crippen LogP contribution in [0.5, 0.6) is 5.75 Å². The fourth-order valence-electron chi connectivity index (χ4n) is 6.37. The van der Waals surface area contributed by atoms with Gasteiger partial charge in [0, 0.05) is 5.92 Å². The number of hydrogen-bond acceptors (Lipinski definition) is 16. The van der Waals surface area contributed by atoms with Gasteiger partial charge in [-0.3, -0.25) is 19.2 Å². The van der Waals surface area contributed by atoms with Crippen LogP contribution in [-0.2, 0) is 77.7 Å². The van der Waals surface area contributed by atoms with Crippen LogP contribution in [-0.4, -0.2) is 123 Å². The number of hydrogen-bond donors (Lipinski definition) is 0. The van der Waals surface area contributed by atoms with Gasteiger partial charge in [-0.25, -0.2) is 19.2 Å². The van der Waals surface area contributed by atoms with Gasteiger partial charge in [0.05, 0.1) is 33.6 Å². The van der Waals surface area contributed by atoms with Gasteiger partial charge in [-0.1, -0.05) is 60.8 Å². The van der Waals surface area contributed by atoms with Gasteiger partial charge in [0.25, 0.3) is 0 Å². The highest BCUT2D eigenvalue weighted by Gasteiger charge is 2.54. The van der Waals surface area contributed by atoms with E-state index in [1.165, 1.54) is 41.5 Å². The van der Waals surface area contributed by atoms with E-state index in [9.17, 15) is 109 Å². The molecule has 32 heteroatoms. The van der Waals surface area contributed by atoms with Gasteiger partial charge in [-0.15, -0.1) is 0 Å². The van der Waals surface area contributed by atoms with E-state index in [-0.39, 0.29) is 6.42 Å². The van der Waals surface area contributed by atoms with Gasteiger partial charge < -0.3 is 37.9 Å². The van der Waals surface area contributed by atoms with Crippen molar-refractivity contribution in [3.8, 4) is 5.75 Å². The highest BCUT2D eigenvalue weighted by molar-refractivity contribution is 5.83. The molecule has 0 amide bonds. The van der Waals surface area contributed by atoms with Gasteiger partial charge in [0.15, 0.2) is 38.1 Å². The van der Waals surface area contributed by atoms with Gasteiger partial charge in [-0.05, 0) is 131 Å². The largest absolute Gasteiger partial charge is 0.461 e. The van der Waals surface area contributed by atoms with Crippen LogP contribution in [0.4, 0.5) is 70.2 Å². The molecule has 1 aromatic rings. The number of carbonyl (C=O) groups is 8. The Morgan fingerprint density at radius 2 is 0.822 bits per heavy atom. The summed E-state index contributed by atoms with van der Waals surface area (Å²) in [5, 5.41) is 0. The Morgan fingerprint density at radius 3 is 1.17 bits per heavy atom. The lowest BCUT2D eigenvalue weighted by Crippen LogP contribution is -2.47. The summed E-state index contributed by atoms with van der Waals surface area (Å²) in [6, 6.07) is 2.71. The van der Waals surface area contributed by atoms with Gasteiger partial charge >= 0.3 is 84.3 Å². The molecule has 0 aromatic heterocycles. The van der Waals surface area contributed by atoms with Crippen LogP contribution in [0.25, 0.3) is 0 Å². The first-order chi connectivity index (χ1) is 40.7. The Labute approximate surface area is 511 Å². The Hall–Kier alpha value is -6.14. The maximum Gasteiger partial charge on any atom is 0.425 e. The number of esters is 8. The first-order valence-corrected chi connectivity index (χ1v) is 28.3. The van der Waals surface area contributed by atoms with Crippen molar-refractivity contribution < 1.29 is 146 Å². The molecule has 1 aromatic carbocycles. The Balaban J connectivity index is 0. The number of ether oxygens (including phenoxy) is 8. The highest BCUT2D eigenvalue weighted by Crippen LogP contribution is 2.38. The molecule has 3 atom stereocenters. The number of rotatable bonds is 26. The topological polar surface area (TPSA) is 210 Å². The molecule has 0 spiro atoms. The molecule has 0 saturated heterocycles. The standard InChI is InChI=1S/C18H21F5O4.C16H25F3O4.C14H21F5O4.C10H15F3O4/c1-5-13(27-14(24)16(3,4)6-2)17(19,20)15(25)26-12-9-7-11(8-10-12)18(21,22)23;1-4-15(2,3)14(21)22-10-12(20)23-13(16(17,18)19)11-8-6-5-7-9-11;1-5-9(23-10(20)12(3,4)6-2)14(18,19)11(21)22-8-7-13(15,16)17;1-4-9(2,3)8(15)16-5-7(14)17-6-10(11,12)13/h7-10,13H,5-6H2,1-4H3;11,13H,4-10H2,1-3H3;9H,5-8H2,1-4H3;4-6H2,1-3H3. The lowest BCUT2D eigenvalue weighted by atomic mass is 9.85. The summed E-state index contributed by atoms with van der Waals surface area (Å²) in [6.07, 6.45) is -22.3. The summed E-state index contributed by atoms with van der Waals surface area (Å²) < 4.78 is 240. The van der Waals surface area contributed by atoms with Crippen LogP contribution < -0.4 is 4.74 Å². The van der Waals surface area contributed by atoms with E-state index in [0.717, 1.165) is 18.6 Å². The zero-order valence-corrected chi connectivity index (χ0v) is 52.5. The maximum absolute atomic E-state index is 14.4. The van der Waals surface area contributed by atoms with Crippen LogP contribution >= 0.6 is 0 Å². The normalized spacial score (nSPS) is 14.8. The van der Waals surface area contributed by atoms with Crippen LogP contribution in [0.3, 0.4) is 0 Å². The van der Waals surface area contributed by atoms with Gasteiger partial charge in [0.1, 0.15) is 12.4 Å². The number of carbonyl (C=O) groups excluding carboxylic acids is 8. The van der Waals surface area contributed by atoms with Crippen molar-refractivity contribution >= 4 is 47.8 Å². The van der Waals surface area contributed by atoms with E-state index in [1.54, 1.807) is 55.4 Å². The fraction of sp³-hybridized carbons (Fsp3) is 0.759. The highest BCUT2D eigenvalue weighted by atomic mass is 19.4. The second-order valence-corrected chi connectivity index (χ2v) is 23.0. The summed E-state index contributed by atoms with van der Waals surface area (Å²) in [4.78, 5) is 92.5. The molecule has 0 N–H and O–H groups in total. The quantitative estimate of drug-likeness (QED) is 0.0365. The predicted molar refractivity (Wildman–Crippen MR) is 287 cm³/mol. The third kappa shape index (κ3) is 31.3. The first kappa shape index (κ1) is 85.9. The van der Waals surface area contributed by atoms with E-state index < -0.39 is 181 Å². The zero-order valence-electron chi connectivity index (χ0n) is 52.5. The minimum absolute atomic E-state index is 0.323. The second kappa shape index (κ2) is 36.2. The molecule has 1 fully saturated rings. The SMILES string of the molecule is CCC(C)(C)C(=O)OCC(=O)OC(C1CCCCC1)C(F)(F)F.CCC(C)(C)C(=O)OCC(=O)OCC(F)(F)F.CCC(OC(=O)C(C)(C)CC)C(F)(F)C(=O)OCCC(F)(F)F.CCC(OC(=O)C(C)(C)CC)C(F)(F)C(=O)Oc1ccc(C(F)(F)F)cc1. The molecule has 522 valence electrons. The molecule has 1 aliphatic rings. The van der Waals surface area contributed by atoms with E-state index in [0.29, 0.717) is 63.5 Å².